The molecule has 0 saturated carbocycles. The molecule has 0 fully saturated rings. The number of carbonyl (C=O) groups is 1. The van der Waals surface area contributed by atoms with Gasteiger partial charge in [-0.2, -0.15) is 0 Å². The van der Waals surface area contributed by atoms with Crippen molar-refractivity contribution in [2.75, 3.05) is 18.0 Å². The summed E-state index contributed by atoms with van der Waals surface area (Å²) in [5.74, 6) is -1.02. The molecule has 1 aromatic rings. The van der Waals surface area contributed by atoms with Gasteiger partial charge in [-0.05, 0) is 19.1 Å². The van der Waals surface area contributed by atoms with E-state index in [2.05, 4.69) is 15.9 Å². The van der Waals surface area contributed by atoms with E-state index in [0.717, 1.165) is 0 Å². The molecular weight excluding hydrogens is 292 g/mol. The topological polar surface area (TPSA) is 83.7 Å². The molecule has 1 N–H and O–H groups in total. The fraction of sp³-hybridized carbons (Fsp3) is 0.300. The lowest BCUT2D eigenvalue weighted by Gasteiger charge is -2.20. The number of hydrogen-bond donors (Lipinski definition) is 1. The van der Waals surface area contributed by atoms with E-state index >= 15 is 0 Å². The molecule has 0 aliphatic carbocycles. The maximum Gasteiger partial charge on any atom is 0.323 e. The summed E-state index contributed by atoms with van der Waals surface area (Å²) in [4.78, 5) is 22.5. The molecule has 0 aromatic heterocycles. The van der Waals surface area contributed by atoms with Crippen molar-refractivity contribution in [2.45, 2.75) is 6.92 Å². The van der Waals surface area contributed by atoms with Gasteiger partial charge >= 0.3 is 5.97 Å². The van der Waals surface area contributed by atoms with Crippen molar-refractivity contribution < 1.29 is 14.8 Å². The highest BCUT2D eigenvalue weighted by molar-refractivity contribution is 9.10. The number of nitro groups is 1. The fourth-order valence-corrected chi connectivity index (χ4v) is 1.79. The highest BCUT2D eigenvalue weighted by atomic mass is 79.9. The molecule has 0 unspecified atom stereocenters. The smallest absolute Gasteiger partial charge is 0.323 e. The Hall–Kier alpha value is -1.63. The summed E-state index contributed by atoms with van der Waals surface area (Å²) in [6, 6.07) is 4.54. The lowest BCUT2D eigenvalue weighted by molar-refractivity contribution is -0.384. The molecule has 7 heteroatoms. The maximum atomic E-state index is 10.9. The molecule has 0 spiro atoms. The number of carboxylic acid groups (broad SMARTS) is 1. The molecule has 17 heavy (non-hydrogen) atoms. The third-order valence-corrected chi connectivity index (χ3v) is 2.68. The second-order valence-corrected chi connectivity index (χ2v) is 4.21. The van der Waals surface area contributed by atoms with Crippen molar-refractivity contribution in [3.05, 3.63) is 32.8 Å². The molecule has 92 valence electrons. The number of carboxylic acids is 1. The normalized spacial score (nSPS) is 10.0. The van der Waals surface area contributed by atoms with Crippen LogP contribution in [-0.2, 0) is 4.79 Å². The number of rotatable bonds is 5. The van der Waals surface area contributed by atoms with E-state index in [-0.39, 0.29) is 12.2 Å². The first kappa shape index (κ1) is 13.4. The number of nitrogens with zero attached hydrogens (tertiary/aromatic N) is 2. The molecule has 0 radical (unpaired) electrons. The Labute approximate surface area is 106 Å². The van der Waals surface area contributed by atoms with Gasteiger partial charge in [0, 0.05) is 17.1 Å². The zero-order valence-electron chi connectivity index (χ0n) is 9.09. The third-order valence-electron chi connectivity index (χ3n) is 2.18. The zero-order chi connectivity index (χ0) is 13.0. The quantitative estimate of drug-likeness (QED) is 0.666. The van der Waals surface area contributed by atoms with Crippen LogP contribution in [0.3, 0.4) is 0 Å². The van der Waals surface area contributed by atoms with Gasteiger partial charge in [-0.15, -0.1) is 0 Å². The van der Waals surface area contributed by atoms with Gasteiger partial charge in [0.05, 0.1) is 4.92 Å². The van der Waals surface area contributed by atoms with Crippen LogP contribution in [0.1, 0.15) is 6.92 Å². The van der Waals surface area contributed by atoms with Crippen molar-refractivity contribution in [3.63, 3.8) is 0 Å². The summed E-state index contributed by atoms with van der Waals surface area (Å²) in [5.41, 5.74) is 0.200. The second-order valence-electron chi connectivity index (χ2n) is 3.30. The molecule has 0 amide bonds. The Morgan fingerprint density at radius 1 is 1.59 bits per heavy atom. The van der Waals surface area contributed by atoms with Gasteiger partial charge in [-0.3, -0.25) is 14.9 Å². The predicted octanol–water partition coefficient (Wildman–Crippen LogP) is 2.27. The Kier molecular flexibility index (Phi) is 4.45. The highest BCUT2D eigenvalue weighted by Gasteiger charge is 2.20. The van der Waals surface area contributed by atoms with E-state index in [1.807, 2.05) is 0 Å². The SMILES string of the molecule is CCN(CC(=O)O)c1ccc(Br)cc1[N+](=O)[O-]. The van der Waals surface area contributed by atoms with Crippen molar-refractivity contribution >= 4 is 33.3 Å². The number of likely N-dealkylation sites (N-methyl/N-ethyl adjacent to an activating group) is 1. The summed E-state index contributed by atoms with van der Waals surface area (Å²) in [6.45, 7) is 1.86. The van der Waals surface area contributed by atoms with Crippen LogP contribution in [-0.4, -0.2) is 29.1 Å². The van der Waals surface area contributed by atoms with Gasteiger partial charge in [-0.1, -0.05) is 15.9 Å². The van der Waals surface area contributed by atoms with Crippen LogP contribution in [0.15, 0.2) is 22.7 Å². The molecule has 1 rings (SSSR count). The molecule has 6 nitrogen and oxygen atoms in total. The van der Waals surface area contributed by atoms with Crippen LogP contribution in [0.4, 0.5) is 11.4 Å². The molecule has 0 saturated heterocycles. The number of nitro benzene ring substituents is 1. The van der Waals surface area contributed by atoms with Gasteiger partial charge < -0.3 is 10.0 Å². The highest BCUT2D eigenvalue weighted by Crippen LogP contribution is 2.30. The van der Waals surface area contributed by atoms with Crippen LogP contribution < -0.4 is 4.90 Å². The Balaban J connectivity index is 3.18. The minimum absolute atomic E-state index is 0.109. The van der Waals surface area contributed by atoms with E-state index in [4.69, 9.17) is 5.11 Å². The first-order chi connectivity index (χ1) is 7.95. The van der Waals surface area contributed by atoms with Crippen molar-refractivity contribution in [1.29, 1.82) is 0 Å². The second kappa shape index (κ2) is 5.62. The van der Waals surface area contributed by atoms with E-state index in [1.54, 1.807) is 13.0 Å². The summed E-state index contributed by atoms with van der Waals surface area (Å²) in [5, 5.41) is 19.6. The summed E-state index contributed by atoms with van der Waals surface area (Å²) in [7, 11) is 0. The number of hydrogen-bond acceptors (Lipinski definition) is 4. The molecule has 1 aromatic carbocycles. The maximum absolute atomic E-state index is 10.9. The molecule has 0 aliphatic heterocycles. The van der Waals surface area contributed by atoms with E-state index < -0.39 is 10.9 Å². The van der Waals surface area contributed by atoms with Crippen molar-refractivity contribution in [2.24, 2.45) is 0 Å². The first-order valence-corrected chi connectivity index (χ1v) is 5.65. The Morgan fingerprint density at radius 2 is 2.24 bits per heavy atom. The van der Waals surface area contributed by atoms with Gasteiger partial charge in [0.25, 0.3) is 5.69 Å². The standard InChI is InChI=1S/C10H11BrN2O4/c1-2-12(6-10(14)15)8-4-3-7(11)5-9(8)13(16)17/h3-5H,2,6H2,1H3,(H,14,15). The molecule has 0 heterocycles. The minimum atomic E-state index is -1.02. The van der Waals surface area contributed by atoms with Gasteiger partial charge in [0.1, 0.15) is 12.2 Å². The predicted molar refractivity (Wildman–Crippen MR) is 66.3 cm³/mol. The number of benzene rings is 1. The molecule has 0 atom stereocenters. The molecule has 0 bridgehead atoms. The summed E-state index contributed by atoms with van der Waals surface area (Å²) < 4.78 is 0.583. The minimum Gasteiger partial charge on any atom is -0.480 e. The third kappa shape index (κ3) is 3.42. The largest absolute Gasteiger partial charge is 0.480 e. The number of halogens is 1. The van der Waals surface area contributed by atoms with Crippen molar-refractivity contribution in [1.82, 2.24) is 0 Å². The van der Waals surface area contributed by atoms with Crippen molar-refractivity contribution in [3.8, 4) is 0 Å². The lowest BCUT2D eigenvalue weighted by atomic mass is 10.2. The lowest BCUT2D eigenvalue weighted by Crippen LogP contribution is -2.29. The van der Waals surface area contributed by atoms with Crippen LogP contribution in [0, 0.1) is 10.1 Å². The van der Waals surface area contributed by atoms with Crippen LogP contribution in [0.25, 0.3) is 0 Å². The first-order valence-electron chi connectivity index (χ1n) is 4.86. The van der Waals surface area contributed by atoms with E-state index in [9.17, 15) is 14.9 Å². The zero-order valence-corrected chi connectivity index (χ0v) is 10.7. The van der Waals surface area contributed by atoms with Gasteiger partial charge in [0.15, 0.2) is 0 Å². The van der Waals surface area contributed by atoms with Gasteiger partial charge in [0.2, 0.25) is 0 Å². The van der Waals surface area contributed by atoms with Crippen LogP contribution in [0.2, 0.25) is 0 Å². The monoisotopic (exact) mass is 302 g/mol. The molecule has 0 aliphatic rings. The van der Waals surface area contributed by atoms with E-state index in [1.165, 1.54) is 17.0 Å². The Morgan fingerprint density at radius 3 is 2.71 bits per heavy atom. The Bertz CT molecular complexity index is 450. The average Bonchev–Trinajstić information content (AvgIpc) is 2.25. The number of anilines is 1. The average molecular weight is 303 g/mol. The summed E-state index contributed by atoms with van der Waals surface area (Å²) in [6.07, 6.45) is 0. The van der Waals surface area contributed by atoms with Crippen LogP contribution >= 0.6 is 15.9 Å². The van der Waals surface area contributed by atoms with Crippen LogP contribution in [0.5, 0.6) is 0 Å². The van der Waals surface area contributed by atoms with E-state index in [0.29, 0.717) is 16.7 Å². The molecular formula is C10H11BrN2O4. The van der Waals surface area contributed by atoms with Gasteiger partial charge in [-0.25, -0.2) is 0 Å². The number of aliphatic carboxylic acids is 1. The summed E-state index contributed by atoms with van der Waals surface area (Å²) >= 11 is 3.15. The fourth-order valence-electron chi connectivity index (χ4n) is 1.44.